The Morgan fingerprint density at radius 1 is 0.852 bits per heavy atom. The molecule has 0 heterocycles. The molecular formula is C20H34N4O3. The Morgan fingerprint density at radius 2 is 1.41 bits per heavy atom. The van der Waals surface area contributed by atoms with E-state index < -0.39 is 0 Å². The van der Waals surface area contributed by atoms with Crippen LogP contribution in [0.1, 0.15) is 58.8 Å². The average Bonchev–Trinajstić information content (AvgIpc) is 2.56. The maximum atomic E-state index is 12.3. The van der Waals surface area contributed by atoms with Crippen LogP contribution in [0, 0.1) is 23.7 Å². The van der Waals surface area contributed by atoms with Crippen LogP contribution in [-0.2, 0) is 9.59 Å². The first-order valence-corrected chi connectivity index (χ1v) is 10.5. The maximum absolute atomic E-state index is 12.3. The van der Waals surface area contributed by atoms with E-state index in [9.17, 15) is 14.4 Å². The van der Waals surface area contributed by atoms with Gasteiger partial charge in [-0.05, 0) is 56.3 Å². The van der Waals surface area contributed by atoms with E-state index in [0.29, 0.717) is 19.6 Å². The zero-order chi connectivity index (χ0) is 19.4. The van der Waals surface area contributed by atoms with Crippen LogP contribution in [-0.4, -0.2) is 43.0 Å². The molecule has 0 aliphatic heterocycles. The molecular weight excluding hydrogens is 344 g/mol. The Bertz CT molecular complexity index is 540. The second-order valence-corrected chi connectivity index (χ2v) is 9.12. The molecule has 0 aromatic rings. The molecule has 0 saturated heterocycles. The molecule has 4 aliphatic carbocycles. The van der Waals surface area contributed by atoms with Crippen LogP contribution in [0.25, 0.3) is 0 Å². The van der Waals surface area contributed by atoms with E-state index >= 15 is 0 Å². The summed E-state index contributed by atoms with van der Waals surface area (Å²) >= 11 is 0. The molecule has 0 radical (unpaired) electrons. The number of nitrogens with one attached hydrogen (secondary N) is 4. The molecule has 0 unspecified atom stereocenters. The molecule has 0 spiro atoms. The molecule has 7 nitrogen and oxygen atoms in total. The van der Waals surface area contributed by atoms with Gasteiger partial charge in [0, 0.05) is 37.5 Å². The molecule has 4 N–H and O–H groups in total. The summed E-state index contributed by atoms with van der Waals surface area (Å²) in [7, 11) is 0. The van der Waals surface area contributed by atoms with E-state index in [1.807, 2.05) is 13.8 Å². The average molecular weight is 379 g/mol. The molecule has 4 saturated carbocycles. The highest BCUT2D eigenvalue weighted by Crippen LogP contribution is 2.55. The molecule has 4 aliphatic rings. The van der Waals surface area contributed by atoms with Gasteiger partial charge in [0.2, 0.25) is 11.8 Å². The van der Waals surface area contributed by atoms with E-state index in [-0.39, 0.29) is 35.7 Å². The fourth-order valence-corrected chi connectivity index (χ4v) is 5.52. The molecule has 152 valence electrons. The second kappa shape index (κ2) is 8.48. The SMILES string of the molecule is CC(C)C(=O)NCCNC(=O)CCNC(=O)NC12CC3CC(CC(C3)C1)C2. The largest absolute Gasteiger partial charge is 0.354 e. The van der Waals surface area contributed by atoms with Crippen LogP contribution in [0.5, 0.6) is 0 Å². The molecule has 4 amide bonds. The summed E-state index contributed by atoms with van der Waals surface area (Å²) in [6.45, 7) is 4.80. The van der Waals surface area contributed by atoms with E-state index in [4.69, 9.17) is 0 Å². The van der Waals surface area contributed by atoms with Crippen molar-refractivity contribution >= 4 is 17.8 Å². The van der Waals surface area contributed by atoms with Crippen molar-refractivity contribution in [3.63, 3.8) is 0 Å². The number of amides is 4. The standard InChI is InChI=1S/C20H34N4O3/c1-13(2)18(26)22-6-5-21-17(25)3-4-23-19(27)24-20-10-14-7-15(11-20)9-16(8-14)12-20/h13-16H,3-12H2,1-2H3,(H,21,25)(H,22,26)(H2,23,24,27). The minimum atomic E-state index is -0.144. The van der Waals surface area contributed by atoms with Crippen LogP contribution >= 0.6 is 0 Å². The Kier molecular flexibility index (Phi) is 6.27. The molecule has 4 bridgehead atoms. The lowest BCUT2D eigenvalue weighted by atomic mass is 9.53. The molecule has 0 aromatic heterocycles. The van der Waals surface area contributed by atoms with Crippen LogP contribution in [0.4, 0.5) is 4.79 Å². The summed E-state index contributed by atoms with van der Waals surface area (Å²) in [4.78, 5) is 35.5. The monoisotopic (exact) mass is 378 g/mol. The lowest BCUT2D eigenvalue weighted by Crippen LogP contribution is -2.61. The van der Waals surface area contributed by atoms with Crippen molar-refractivity contribution in [2.24, 2.45) is 23.7 Å². The van der Waals surface area contributed by atoms with Crippen LogP contribution in [0.3, 0.4) is 0 Å². The predicted molar refractivity (Wildman–Crippen MR) is 103 cm³/mol. The van der Waals surface area contributed by atoms with Gasteiger partial charge >= 0.3 is 6.03 Å². The highest BCUT2D eigenvalue weighted by Gasteiger charge is 2.51. The van der Waals surface area contributed by atoms with Crippen molar-refractivity contribution in [2.45, 2.75) is 64.3 Å². The summed E-state index contributed by atoms with van der Waals surface area (Å²) in [5.41, 5.74) is -0.00425. The van der Waals surface area contributed by atoms with Crippen LogP contribution < -0.4 is 21.3 Å². The van der Waals surface area contributed by atoms with Crippen molar-refractivity contribution in [1.82, 2.24) is 21.3 Å². The molecule has 0 atom stereocenters. The lowest BCUT2D eigenvalue weighted by molar-refractivity contribution is -0.124. The van der Waals surface area contributed by atoms with Crippen molar-refractivity contribution in [3.8, 4) is 0 Å². The highest BCUT2D eigenvalue weighted by atomic mass is 16.2. The molecule has 4 fully saturated rings. The lowest BCUT2D eigenvalue weighted by Gasteiger charge is -2.56. The van der Waals surface area contributed by atoms with Crippen molar-refractivity contribution in [2.75, 3.05) is 19.6 Å². The number of hydrogen-bond donors (Lipinski definition) is 4. The Hall–Kier alpha value is -1.79. The number of carbonyl (C=O) groups excluding carboxylic acids is 3. The molecule has 4 rings (SSSR count). The van der Waals surface area contributed by atoms with Gasteiger partial charge in [-0.3, -0.25) is 9.59 Å². The van der Waals surface area contributed by atoms with Crippen molar-refractivity contribution in [3.05, 3.63) is 0 Å². The first kappa shape index (κ1) is 20.0. The predicted octanol–water partition coefficient (Wildman–Crippen LogP) is 1.53. The highest BCUT2D eigenvalue weighted by molar-refractivity contribution is 5.79. The van der Waals surface area contributed by atoms with Gasteiger partial charge in [-0.2, -0.15) is 0 Å². The minimum Gasteiger partial charge on any atom is -0.354 e. The zero-order valence-electron chi connectivity index (χ0n) is 16.6. The fraction of sp³-hybridized carbons (Fsp3) is 0.850. The number of hydrogen-bond acceptors (Lipinski definition) is 3. The zero-order valence-corrected chi connectivity index (χ0v) is 16.6. The normalized spacial score (nSPS) is 30.9. The summed E-state index contributed by atoms with van der Waals surface area (Å²) in [6, 6.07) is -0.144. The van der Waals surface area contributed by atoms with E-state index in [2.05, 4.69) is 21.3 Å². The smallest absolute Gasteiger partial charge is 0.315 e. The van der Waals surface area contributed by atoms with Gasteiger partial charge < -0.3 is 21.3 Å². The summed E-state index contributed by atoms with van der Waals surface area (Å²) < 4.78 is 0. The van der Waals surface area contributed by atoms with Crippen molar-refractivity contribution in [1.29, 1.82) is 0 Å². The Labute approximate surface area is 161 Å². The minimum absolute atomic E-state index is 0.00425. The van der Waals surface area contributed by atoms with Gasteiger partial charge in [0.15, 0.2) is 0 Å². The van der Waals surface area contributed by atoms with Gasteiger partial charge in [-0.15, -0.1) is 0 Å². The quantitative estimate of drug-likeness (QED) is 0.482. The molecule has 27 heavy (non-hydrogen) atoms. The second-order valence-electron chi connectivity index (χ2n) is 9.12. The summed E-state index contributed by atoms with van der Waals surface area (Å²) in [5.74, 6) is 2.17. The maximum Gasteiger partial charge on any atom is 0.315 e. The summed E-state index contributed by atoms with van der Waals surface area (Å²) in [6.07, 6.45) is 7.65. The van der Waals surface area contributed by atoms with Gasteiger partial charge in [0.25, 0.3) is 0 Å². The summed E-state index contributed by atoms with van der Waals surface area (Å²) in [5, 5.41) is 11.6. The number of carbonyl (C=O) groups is 3. The van der Waals surface area contributed by atoms with Crippen LogP contribution in [0.15, 0.2) is 0 Å². The number of urea groups is 1. The van der Waals surface area contributed by atoms with Gasteiger partial charge in [0.05, 0.1) is 0 Å². The first-order valence-electron chi connectivity index (χ1n) is 10.5. The Balaban J connectivity index is 1.29. The topological polar surface area (TPSA) is 99.3 Å². The number of rotatable bonds is 8. The molecule has 7 heteroatoms. The van der Waals surface area contributed by atoms with Crippen molar-refractivity contribution < 1.29 is 14.4 Å². The van der Waals surface area contributed by atoms with Gasteiger partial charge in [-0.1, -0.05) is 13.8 Å². The van der Waals surface area contributed by atoms with E-state index in [1.165, 1.54) is 19.3 Å². The third kappa shape index (κ3) is 5.36. The van der Waals surface area contributed by atoms with Gasteiger partial charge in [-0.25, -0.2) is 4.79 Å². The van der Waals surface area contributed by atoms with Crippen LogP contribution in [0.2, 0.25) is 0 Å². The third-order valence-corrected chi connectivity index (χ3v) is 6.33. The third-order valence-electron chi connectivity index (χ3n) is 6.33. The van der Waals surface area contributed by atoms with E-state index in [1.54, 1.807) is 0 Å². The van der Waals surface area contributed by atoms with E-state index in [0.717, 1.165) is 37.0 Å². The first-order chi connectivity index (χ1) is 12.8. The van der Waals surface area contributed by atoms with Gasteiger partial charge in [0.1, 0.15) is 0 Å². The Morgan fingerprint density at radius 3 is 1.96 bits per heavy atom. The molecule has 0 aromatic carbocycles. The fourth-order valence-electron chi connectivity index (χ4n) is 5.52.